The molecule has 132 valence electrons. The second-order valence-electron chi connectivity index (χ2n) is 7.50. The van der Waals surface area contributed by atoms with Gasteiger partial charge in [-0.1, -0.05) is 5.16 Å². The molecular formula is C16H20ClN7O. The molecule has 2 saturated carbocycles. The largest absolute Gasteiger partial charge is 0.332 e. The molecule has 2 aromatic heterocycles. The number of nitrogens with one attached hydrogen (secondary N) is 2. The van der Waals surface area contributed by atoms with E-state index in [1.165, 1.54) is 0 Å². The van der Waals surface area contributed by atoms with Crippen LogP contribution < -0.4 is 15.8 Å². The van der Waals surface area contributed by atoms with Crippen LogP contribution in [0.2, 0.25) is 0 Å². The highest BCUT2D eigenvalue weighted by atomic mass is 35.5. The summed E-state index contributed by atoms with van der Waals surface area (Å²) in [6, 6.07) is 0.354. The lowest BCUT2D eigenvalue weighted by Crippen LogP contribution is -2.56. The number of alkyl halides is 1. The number of nitrogens with zero attached hydrogens (tertiary/aromatic N) is 5. The first kappa shape index (κ1) is 14.5. The first-order valence-electron chi connectivity index (χ1n) is 9.12. The van der Waals surface area contributed by atoms with Crippen molar-refractivity contribution in [3.05, 3.63) is 12.2 Å². The SMILES string of the molecule is ClC1CCCC2C1C1NCNN1c1c(-c3nc(C4CC4)no3)ncn12. The maximum atomic E-state index is 6.72. The first-order valence-corrected chi connectivity index (χ1v) is 9.56. The van der Waals surface area contributed by atoms with Crippen molar-refractivity contribution in [3.8, 4) is 11.6 Å². The summed E-state index contributed by atoms with van der Waals surface area (Å²) in [4.78, 5) is 9.25. The first-order chi connectivity index (χ1) is 12.3. The second-order valence-corrected chi connectivity index (χ2v) is 8.06. The lowest BCUT2D eigenvalue weighted by molar-refractivity contribution is 0.178. The van der Waals surface area contributed by atoms with Crippen LogP contribution in [0, 0.1) is 5.92 Å². The fourth-order valence-corrected chi connectivity index (χ4v) is 5.11. The minimum Gasteiger partial charge on any atom is -0.332 e. The van der Waals surface area contributed by atoms with Gasteiger partial charge in [0.15, 0.2) is 17.3 Å². The number of hydrogen-bond donors (Lipinski definition) is 2. The van der Waals surface area contributed by atoms with Crippen LogP contribution in [0.15, 0.2) is 10.9 Å². The Morgan fingerprint density at radius 2 is 2.16 bits per heavy atom. The third-order valence-corrected chi connectivity index (χ3v) is 6.49. The van der Waals surface area contributed by atoms with Crippen LogP contribution in [0.4, 0.5) is 5.82 Å². The van der Waals surface area contributed by atoms with Gasteiger partial charge in [0.2, 0.25) is 0 Å². The lowest BCUT2D eigenvalue weighted by Gasteiger charge is -2.47. The van der Waals surface area contributed by atoms with E-state index >= 15 is 0 Å². The number of anilines is 1. The van der Waals surface area contributed by atoms with Gasteiger partial charge in [-0.15, -0.1) is 11.6 Å². The predicted octanol–water partition coefficient (Wildman–Crippen LogP) is 1.97. The van der Waals surface area contributed by atoms with E-state index in [4.69, 9.17) is 16.1 Å². The van der Waals surface area contributed by atoms with Crippen LogP contribution in [0.3, 0.4) is 0 Å². The van der Waals surface area contributed by atoms with E-state index in [0.29, 0.717) is 23.8 Å². The molecule has 2 N–H and O–H groups in total. The molecule has 0 aromatic carbocycles. The molecule has 1 saturated heterocycles. The number of halogens is 1. The summed E-state index contributed by atoms with van der Waals surface area (Å²) in [6.45, 7) is 0.722. The Morgan fingerprint density at radius 3 is 3.04 bits per heavy atom. The molecule has 0 radical (unpaired) electrons. The van der Waals surface area contributed by atoms with E-state index in [2.05, 4.69) is 35.4 Å². The van der Waals surface area contributed by atoms with Gasteiger partial charge in [0.25, 0.3) is 5.89 Å². The highest BCUT2D eigenvalue weighted by molar-refractivity contribution is 6.21. The van der Waals surface area contributed by atoms with E-state index < -0.39 is 0 Å². The Labute approximate surface area is 149 Å². The number of imidazole rings is 1. The molecule has 0 amide bonds. The van der Waals surface area contributed by atoms with E-state index in [1.54, 1.807) is 0 Å². The molecule has 0 spiro atoms. The highest BCUT2D eigenvalue weighted by Gasteiger charge is 2.49. The van der Waals surface area contributed by atoms with Crippen molar-refractivity contribution in [2.45, 2.75) is 55.6 Å². The fourth-order valence-electron chi connectivity index (χ4n) is 4.65. The summed E-state index contributed by atoms with van der Waals surface area (Å²) in [5.74, 6) is 3.15. The van der Waals surface area contributed by atoms with Crippen LogP contribution >= 0.6 is 11.6 Å². The zero-order valence-corrected chi connectivity index (χ0v) is 14.5. The standard InChI is InChI=1S/C16H20ClN7O/c17-9-2-1-3-10-11(9)14-18-6-20-24(14)16-12(19-7-23(10)16)15-21-13(22-25-15)8-4-5-8/h7-11,14,18,20H,1-6H2. The normalized spacial score (nSPS) is 33.9. The van der Waals surface area contributed by atoms with Gasteiger partial charge in [-0.2, -0.15) is 4.98 Å². The zero-order chi connectivity index (χ0) is 16.5. The topological polar surface area (TPSA) is 84.0 Å². The molecule has 2 aliphatic heterocycles. The summed E-state index contributed by atoms with van der Waals surface area (Å²) >= 11 is 6.72. The number of rotatable bonds is 2. The van der Waals surface area contributed by atoms with Crippen LogP contribution in [0.1, 0.15) is 49.9 Å². The Morgan fingerprint density at radius 1 is 1.24 bits per heavy atom. The average molecular weight is 362 g/mol. The summed E-state index contributed by atoms with van der Waals surface area (Å²) in [7, 11) is 0. The summed E-state index contributed by atoms with van der Waals surface area (Å²) in [5, 5.41) is 10.0. The predicted molar refractivity (Wildman–Crippen MR) is 90.9 cm³/mol. The zero-order valence-electron chi connectivity index (χ0n) is 13.7. The van der Waals surface area contributed by atoms with Crippen LogP contribution in [-0.4, -0.2) is 37.9 Å². The fraction of sp³-hybridized carbons (Fsp3) is 0.688. The molecule has 2 aliphatic carbocycles. The summed E-state index contributed by atoms with van der Waals surface area (Å²) in [6.07, 6.45) is 7.73. The third kappa shape index (κ3) is 2.04. The number of hydrazine groups is 1. The molecule has 6 rings (SSSR count). The van der Waals surface area contributed by atoms with Gasteiger partial charge in [0.1, 0.15) is 6.17 Å². The van der Waals surface area contributed by atoms with Crippen LogP contribution in [0.25, 0.3) is 11.6 Å². The van der Waals surface area contributed by atoms with E-state index in [0.717, 1.165) is 56.1 Å². The van der Waals surface area contributed by atoms with Gasteiger partial charge in [-0.25, -0.2) is 10.4 Å². The van der Waals surface area contributed by atoms with E-state index in [9.17, 15) is 0 Å². The molecule has 9 heteroatoms. The molecular weight excluding hydrogens is 342 g/mol. The maximum absolute atomic E-state index is 6.72. The lowest BCUT2D eigenvalue weighted by atomic mass is 9.80. The monoisotopic (exact) mass is 361 g/mol. The van der Waals surface area contributed by atoms with E-state index in [-0.39, 0.29) is 11.5 Å². The van der Waals surface area contributed by atoms with Crippen molar-refractivity contribution in [1.82, 2.24) is 30.4 Å². The summed E-state index contributed by atoms with van der Waals surface area (Å²) in [5.41, 5.74) is 4.18. The molecule has 2 aromatic rings. The van der Waals surface area contributed by atoms with Crippen molar-refractivity contribution in [2.24, 2.45) is 5.92 Å². The van der Waals surface area contributed by atoms with Crippen molar-refractivity contribution in [2.75, 3.05) is 11.7 Å². The third-order valence-electron chi connectivity index (χ3n) is 5.98. The van der Waals surface area contributed by atoms with Gasteiger partial charge in [0.05, 0.1) is 13.0 Å². The number of fused-ring (bicyclic) bond motifs is 6. The van der Waals surface area contributed by atoms with Crippen LogP contribution in [0.5, 0.6) is 0 Å². The molecule has 4 atom stereocenters. The Hall–Kier alpha value is -1.64. The smallest absolute Gasteiger partial charge is 0.280 e. The van der Waals surface area contributed by atoms with Gasteiger partial charge >= 0.3 is 0 Å². The minimum absolute atomic E-state index is 0.168. The quantitative estimate of drug-likeness (QED) is 0.791. The highest BCUT2D eigenvalue weighted by Crippen LogP contribution is 2.48. The van der Waals surface area contributed by atoms with Gasteiger partial charge in [0, 0.05) is 23.3 Å². The van der Waals surface area contributed by atoms with Crippen molar-refractivity contribution in [1.29, 1.82) is 0 Å². The van der Waals surface area contributed by atoms with Gasteiger partial charge in [-0.3, -0.25) is 10.3 Å². The van der Waals surface area contributed by atoms with Crippen molar-refractivity contribution < 1.29 is 4.52 Å². The number of aromatic nitrogens is 4. The number of hydrogen-bond acceptors (Lipinski definition) is 7. The molecule has 4 heterocycles. The van der Waals surface area contributed by atoms with Gasteiger partial charge in [-0.05, 0) is 32.1 Å². The molecule has 25 heavy (non-hydrogen) atoms. The molecule has 4 unspecified atom stereocenters. The van der Waals surface area contributed by atoms with Crippen molar-refractivity contribution >= 4 is 17.4 Å². The molecule has 8 nitrogen and oxygen atoms in total. The Balaban J connectivity index is 1.47. The summed E-state index contributed by atoms with van der Waals surface area (Å²) < 4.78 is 7.80. The Kier molecular flexibility index (Phi) is 3.01. The van der Waals surface area contributed by atoms with Crippen LogP contribution in [-0.2, 0) is 0 Å². The average Bonchev–Trinajstić information content (AvgIpc) is 3.03. The van der Waals surface area contributed by atoms with Gasteiger partial charge < -0.3 is 9.09 Å². The second kappa shape index (κ2) is 5.18. The minimum atomic E-state index is 0.168. The van der Waals surface area contributed by atoms with Crippen molar-refractivity contribution in [3.63, 3.8) is 0 Å². The Bertz CT molecular complexity index is 815. The molecule has 0 bridgehead atoms. The molecule has 4 aliphatic rings. The molecule has 3 fully saturated rings. The maximum Gasteiger partial charge on any atom is 0.280 e. The van der Waals surface area contributed by atoms with E-state index in [1.807, 2.05) is 6.33 Å².